The lowest BCUT2D eigenvalue weighted by molar-refractivity contribution is 0.133. The van der Waals surface area contributed by atoms with E-state index in [2.05, 4.69) is 30.1 Å². The zero-order valence-corrected chi connectivity index (χ0v) is 12.5. The molecule has 1 aromatic rings. The molecule has 1 unspecified atom stereocenters. The number of rotatable bonds is 3. The van der Waals surface area contributed by atoms with Crippen molar-refractivity contribution in [2.75, 3.05) is 19.6 Å². The minimum Gasteiger partial charge on any atom is -0.309 e. The maximum Gasteiger partial charge on any atom is 0.0595 e. The molecule has 1 atom stereocenters. The number of benzene rings is 1. The molecule has 0 aromatic heterocycles. The van der Waals surface area contributed by atoms with Gasteiger partial charge >= 0.3 is 0 Å². The zero-order valence-electron chi connectivity index (χ0n) is 11.0. The first-order valence-electron chi connectivity index (χ1n) is 6.44. The minimum absolute atomic E-state index is 0.231. The minimum atomic E-state index is 0.231. The summed E-state index contributed by atoms with van der Waals surface area (Å²) in [5.74, 6) is 0. The first-order chi connectivity index (χ1) is 8.52. The quantitative estimate of drug-likeness (QED) is 0.914. The van der Waals surface area contributed by atoms with Crippen LogP contribution in [0.2, 0.25) is 10.0 Å². The Morgan fingerprint density at radius 2 is 2.11 bits per heavy atom. The molecule has 1 aliphatic heterocycles. The van der Waals surface area contributed by atoms with Crippen molar-refractivity contribution in [1.82, 2.24) is 10.2 Å². The SMILES string of the molecule is CCC1(C)CN(Cc2ccc(Cl)c(Cl)c2)CCN1. The topological polar surface area (TPSA) is 15.3 Å². The molecule has 0 aliphatic carbocycles. The molecule has 1 saturated heterocycles. The van der Waals surface area contributed by atoms with Crippen LogP contribution in [0, 0.1) is 0 Å². The number of nitrogens with one attached hydrogen (secondary N) is 1. The second kappa shape index (κ2) is 5.79. The molecule has 1 fully saturated rings. The second-order valence-corrected chi connectivity index (χ2v) is 6.11. The van der Waals surface area contributed by atoms with Gasteiger partial charge in [0, 0.05) is 31.7 Å². The van der Waals surface area contributed by atoms with E-state index in [1.165, 1.54) is 5.56 Å². The van der Waals surface area contributed by atoms with E-state index >= 15 is 0 Å². The van der Waals surface area contributed by atoms with Crippen LogP contribution in [-0.4, -0.2) is 30.1 Å². The average Bonchev–Trinajstić information content (AvgIpc) is 2.34. The van der Waals surface area contributed by atoms with Crippen molar-refractivity contribution in [2.24, 2.45) is 0 Å². The number of piperazine rings is 1. The third-order valence-electron chi connectivity index (χ3n) is 3.72. The second-order valence-electron chi connectivity index (χ2n) is 5.30. The van der Waals surface area contributed by atoms with E-state index in [4.69, 9.17) is 23.2 Å². The van der Waals surface area contributed by atoms with E-state index in [0.717, 1.165) is 32.6 Å². The highest BCUT2D eigenvalue weighted by Crippen LogP contribution is 2.24. The van der Waals surface area contributed by atoms with Crippen molar-refractivity contribution >= 4 is 23.2 Å². The molecule has 0 saturated carbocycles. The highest BCUT2D eigenvalue weighted by molar-refractivity contribution is 6.42. The van der Waals surface area contributed by atoms with E-state index in [0.29, 0.717) is 10.0 Å². The lowest BCUT2D eigenvalue weighted by Crippen LogP contribution is -2.58. The summed E-state index contributed by atoms with van der Waals surface area (Å²) >= 11 is 12.0. The van der Waals surface area contributed by atoms with E-state index in [9.17, 15) is 0 Å². The van der Waals surface area contributed by atoms with Gasteiger partial charge in [-0.15, -0.1) is 0 Å². The van der Waals surface area contributed by atoms with Crippen LogP contribution in [0.1, 0.15) is 25.8 Å². The van der Waals surface area contributed by atoms with Crippen LogP contribution < -0.4 is 5.32 Å². The maximum atomic E-state index is 6.05. The van der Waals surface area contributed by atoms with Gasteiger partial charge in [-0.25, -0.2) is 0 Å². The van der Waals surface area contributed by atoms with Gasteiger partial charge in [-0.3, -0.25) is 4.90 Å². The van der Waals surface area contributed by atoms with Gasteiger partial charge in [0.2, 0.25) is 0 Å². The first-order valence-corrected chi connectivity index (χ1v) is 7.19. The third kappa shape index (κ3) is 3.39. The zero-order chi connectivity index (χ0) is 13.2. The number of nitrogens with zero attached hydrogens (tertiary/aromatic N) is 1. The predicted octanol–water partition coefficient (Wildman–Crippen LogP) is 3.57. The Bertz CT molecular complexity index is 422. The Morgan fingerprint density at radius 3 is 2.78 bits per heavy atom. The van der Waals surface area contributed by atoms with Crippen LogP contribution in [0.15, 0.2) is 18.2 Å². The Balaban J connectivity index is 2.02. The van der Waals surface area contributed by atoms with Gasteiger partial charge in [0.15, 0.2) is 0 Å². The number of halogens is 2. The van der Waals surface area contributed by atoms with E-state index in [1.807, 2.05) is 12.1 Å². The Kier molecular flexibility index (Phi) is 4.54. The van der Waals surface area contributed by atoms with Crippen molar-refractivity contribution < 1.29 is 0 Å². The van der Waals surface area contributed by atoms with Gasteiger partial charge in [0.05, 0.1) is 10.0 Å². The predicted molar refractivity (Wildman–Crippen MR) is 78.4 cm³/mol. The molecule has 2 nitrogen and oxygen atoms in total. The number of hydrogen-bond donors (Lipinski definition) is 1. The summed E-state index contributed by atoms with van der Waals surface area (Å²) in [6, 6.07) is 5.90. The van der Waals surface area contributed by atoms with Gasteiger partial charge in [0.1, 0.15) is 0 Å². The molecule has 1 heterocycles. The Labute approximate surface area is 119 Å². The largest absolute Gasteiger partial charge is 0.309 e. The Hall–Kier alpha value is -0.280. The van der Waals surface area contributed by atoms with Gasteiger partial charge in [-0.2, -0.15) is 0 Å². The highest BCUT2D eigenvalue weighted by atomic mass is 35.5. The summed E-state index contributed by atoms with van der Waals surface area (Å²) in [5, 5.41) is 4.86. The molecule has 1 N–H and O–H groups in total. The molecule has 0 bridgehead atoms. The summed E-state index contributed by atoms with van der Waals surface area (Å²) in [6.07, 6.45) is 1.14. The normalized spacial score (nSPS) is 25.3. The van der Waals surface area contributed by atoms with Crippen molar-refractivity contribution in [3.8, 4) is 0 Å². The maximum absolute atomic E-state index is 6.05. The summed E-state index contributed by atoms with van der Waals surface area (Å²) in [6.45, 7) is 8.66. The lowest BCUT2D eigenvalue weighted by Gasteiger charge is -2.41. The lowest BCUT2D eigenvalue weighted by atomic mass is 9.95. The van der Waals surface area contributed by atoms with Crippen LogP contribution >= 0.6 is 23.2 Å². The molecular formula is C14H20Cl2N2. The Morgan fingerprint density at radius 1 is 1.33 bits per heavy atom. The van der Waals surface area contributed by atoms with Crippen LogP contribution in [0.25, 0.3) is 0 Å². The molecule has 1 aromatic carbocycles. The van der Waals surface area contributed by atoms with E-state index in [1.54, 1.807) is 0 Å². The first kappa shape index (κ1) is 14.1. The summed E-state index contributed by atoms with van der Waals surface area (Å²) < 4.78 is 0. The molecule has 2 rings (SSSR count). The molecule has 18 heavy (non-hydrogen) atoms. The van der Waals surface area contributed by atoms with Crippen LogP contribution in [-0.2, 0) is 6.54 Å². The highest BCUT2D eigenvalue weighted by Gasteiger charge is 2.28. The molecule has 1 aliphatic rings. The molecule has 0 radical (unpaired) electrons. The molecular weight excluding hydrogens is 267 g/mol. The van der Waals surface area contributed by atoms with Crippen LogP contribution in [0.4, 0.5) is 0 Å². The molecule has 0 spiro atoms. The van der Waals surface area contributed by atoms with Crippen molar-refractivity contribution in [2.45, 2.75) is 32.4 Å². The van der Waals surface area contributed by atoms with Crippen molar-refractivity contribution in [1.29, 1.82) is 0 Å². The van der Waals surface area contributed by atoms with Crippen LogP contribution in [0.3, 0.4) is 0 Å². The smallest absolute Gasteiger partial charge is 0.0595 e. The van der Waals surface area contributed by atoms with Gasteiger partial charge in [-0.1, -0.05) is 36.2 Å². The standard InChI is InChI=1S/C14H20Cl2N2/c1-3-14(2)10-18(7-6-17-14)9-11-4-5-12(15)13(16)8-11/h4-5,8,17H,3,6-7,9-10H2,1-2H3. The summed E-state index contributed by atoms with van der Waals surface area (Å²) in [5.41, 5.74) is 1.46. The van der Waals surface area contributed by atoms with Crippen molar-refractivity contribution in [3.63, 3.8) is 0 Å². The van der Waals surface area contributed by atoms with Gasteiger partial charge in [0.25, 0.3) is 0 Å². The third-order valence-corrected chi connectivity index (χ3v) is 4.46. The van der Waals surface area contributed by atoms with Gasteiger partial charge < -0.3 is 5.32 Å². The van der Waals surface area contributed by atoms with Crippen LogP contribution in [0.5, 0.6) is 0 Å². The fourth-order valence-corrected chi connectivity index (χ4v) is 2.73. The summed E-state index contributed by atoms with van der Waals surface area (Å²) in [4.78, 5) is 2.47. The molecule has 0 amide bonds. The van der Waals surface area contributed by atoms with E-state index < -0.39 is 0 Å². The molecule has 100 valence electrons. The van der Waals surface area contributed by atoms with Gasteiger partial charge in [-0.05, 0) is 31.0 Å². The van der Waals surface area contributed by atoms with E-state index in [-0.39, 0.29) is 5.54 Å². The average molecular weight is 287 g/mol. The molecule has 4 heteroatoms. The fourth-order valence-electron chi connectivity index (χ4n) is 2.41. The number of hydrogen-bond acceptors (Lipinski definition) is 2. The fraction of sp³-hybridized carbons (Fsp3) is 0.571. The summed E-state index contributed by atoms with van der Waals surface area (Å²) in [7, 11) is 0. The monoisotopic (exact) mass is 286 g/mol. The van der Waals surface area contributed by atoms with Crippen molar-refractivity contribution in [3.05, 3.63) is 33.8 Å².